The number of nitrogens with one attached hydrogen (secondary N) is 1. The molecule has 1 aromatic heterocycles. The van der Waals surface area contributed by atoms with E-state index in [0.717, 1.165) is 25.2 Å². The smallest absolute Gasteiger partial charge is 0.228 e. The Kier molecular flexibility index (Phi) is 5.95. The molecule has 1 atom stereocenters. The van der Waals surface area contributed by atoms with Crippen molar-refractivity contribution >= 4 is 5.91 Å². The molecule has 2 heterocycles. The minimum Gasteiger partial charge on any atom is -0.383 e. The van der Waals surface area contributed by atoms with E-state index >= 15 is 0 Å². The van der Waals surface area contributed by atoms with Crippen LogP contribution in [0.25, 0.3) is 0 Å². The van der Waals surface area contributed by atoms with Crippen molar-refractivity contribution in [3.05, 3.63) is 30.1 Å². The standard InChI is InChI=1S/C15H23N3O2/c1-20-10-9-18(12-14-6-4-8-17-14)15(19)11-13-5-2-3-7-16-13/h2-3,5,7,14,17H,4,6,8-12H2,1H3. The van der Waals surface area contributed by atoms with Crippen LogP contribution in [0.5, 0.6) is 0 Å². The van der Waals surface area contributed by atoms with E-state index in [1.54, 1.807) is 13.3 Å². The molecule has 1 fully saturated rings. The second-order valence-corrected chi connectivity index (χ2v) is 5.12. The molecule has 5 heteroatoms. The van der Waals surface area contributed by atoms with E-state index in [4.69, 9.17) is 4.74 Å². The molecule has 110 valence electrons. The van der Waals surface area contributed by atoms with E-state index < -0.39 is 0 Å². The van der Waals surface area contributed by atoms with Gasteiger partial charge in [0.2, 0.25) is 5.91 Å². The molecule has 5 nitrogen and oxygen atoms in total. The van der Waals surface area contributed by atoms with Crippen LogP contribution in [0, 0.1) is 0 Å². The first kappa shape index (κ1) is 14.9. The normalized spacial score (nSPS) is 18.1. The molecular formula is C15H23N3O2. The number of hydrogen-bond acceptors (Lipinski definition) is 4. The van der Waals surface area contributed by atoms with Crippen molar-refractivity contribution in [3.63, 3.8) is 0 Å². The van der Waals surface area contributed by atoms with E-state index in [2.05, 4.69) is 10.3 Å². The van der Waals surface area contributed by atoms with Gasteiger partial charge in [-0.3, -0.25) is 9.78 Å². The zero-order valence-corrected chi connectivity index (χ0v) is 12.0. The van der Waals surface area contributed by atoms with Crippen molar-refractivity contribution in [3.8, 4) is 0 Å². The molecule has 1 aromatic rings. The summed E-state index contributed by atoms with van der Waals surface area (Å²) in [6.07, 6.45) is 4.41. The molecule has 1 saturated heterocycles. The average molecular weight is 277 g/mol. The van der Waals surface area contributed by atoms with Gasteiger partial charge in [0.1, 0.15) is 0 Å². The van der Waals surface area contributed by atoms with Gasteiger partial charge in [0, 0.05) is 38.1 Å². The fourth-order valence-electron chi connectivity index (χ4n) is 2.47. The Balaban J connectivity index is 1.91. The molecule has 0 aliphatic carbocycles. The maximum absolute atomic E-state index is 12.4. The van der Waals surface area contributed by atoms with E-state index in [-0.39, 0.29) is 5.91 Å². The third-order valence-corrected chi connectivity index (χ3v) is 3.58. The lowest BCUT2D eigenvalue weighted by molar-refractivity contribution is -0.131. The second-order valence-electron chi connectivity index (χ2n) is 5.12. The van der Waals surface area contributed by atoms with Crippen LogP contribution >= 0.6 is 0 Å². The van der Waals surface area contributed by atoms with Crippen molar-refractivity contribution in [2.45, 2.75) is 25.3 Å². The first-order chi connectivity index (χ1) is 9.79. The topological polar surface area (TPSA) is 54.5 Å². The third-order valence-electron chi connectivity index (χ3n) is 3.58. The Bertz CT molecular complexity index is 405. The molecule has 20 heavy (non-hydrogen) atoms. The Morgan fingerprint density at radius 3 is 3.10 bits per heavy atom. The van der Waals surface area contributed by atoms with Crippen LogP contribution in [-0.2, 0) is 16.0 Å². The Hall–Kier alpha value is -1.46. The summed E-state index contributed by atoms with van der Waals surface area (Å²) < 4.78 is 5.11. The summed E-state index contributed by atoms with van der Waals surface area (Å²) in [4.78, 5) is 18.5. The van der Waals surface area contributed by atoms with Crippen LogP contribution in [0.2, 0.25) is 0 Å². The monoisotopic (exact) mass is 277 g/mol. The molecule has 2 rings (SSSR count). The van der Waals surface area contributed by atoms with Gasteiger partial charge in [-0.15, -0.1) is 0 Å². The van der Waals surface area contributed by atoms with E-state index in [1.165, 1.54) is 6.42 Å². The van der Waals surface area contributed by atoms with Crippen LogP contribution in [0.3, 0.4) is 0 Å². The summed E-state index contributed by atoms with van der Waals surface area (Å²) in [6, 6.07) is 6.08. The number of hydrogen-bond donors (Lipinski definition) is 1. The second kappa shape index (κ2) is 7.97. The first-order valence-electron chi connectivity index (χ1n) is 7.19. The molecule has 1 unspecified atom stereocenters. The predicted molar refractivity (Wildman–Crippen MR) is 77.4 cm³/mol. The van der Waals surface area contributed by atoms with Crippen LogP contribution < -0.4 is 5.32 Å². The number of methoxy groups -OCH3 is 1. The maximum Gasteiger partial charge on any atom is 0.228 e. The SMILES string of the molecule is COCCN(CC1CCCN1)C(=O)Cc1ccccn1. The summed E-state index contributed by atoms with van der Waals surface area (Å²) in [7, 11) is 1.66. The molecule has 0 saturated carbocycles. The lowest BCUT2D eigenvalue weighted by atomic mass is 10.2. The zero-order chi connectivity index (χ0) is 14.2. The maximum atomic E-state index is 12.4. The van der Waals surface area contributed by atoms with Crippen molar-refractivity contribution in [2.75, 3.05) is 33.4 Å². The fourth-order valence-corrected chi connectivity index (χ4v) is 2.47. The lowest BCUT2D eigenvalue weighted by Crippen LogP contribution is -2.43. The Labute approximate surface area is 120 Å². The van der Waals surface area contributed by atoms with Gasteiger partial charge < -0.3 is 15.0 Å². The minimum atomic E-state index is 0.120. The number of aromatic nitrogens is 1. The van der Waals surface area contributed by atoms with Crippen LogP contribution in [0.4, 0.5) is 0 Å². The van der Waals surface area contributed by atoms with Gasteiger partial charge in [0.15, 0.2) is 0 Å². The molecule has 1 N–H and O–H groups in total. The van der Waals surface area contributed by atoms with Gasteiger partial charge >= 0.3 is 0 Å². The van der Waals surface area contributed by atoms with Gasteiger partial charge in [-0.1, -0.05) is 6.07 Å². The number of carbonyl (C=O) groups is 1. The molecule has 1 aliphatic rings. The molecule has 0 spiro atoms. The number of pyridine rings is 1. The van der Waals surface area contributed by atoms with Gasteiger partial charge in [-0.2, -0.15) is 0 Å². The van der Waals surface area contributed by atoms with Gasteiger partial charge in [0.25, 0.3) is 0 Å². The minimum absolute atomic E-state index is 0.120. The highest BCUT2D eigenvalue weighted by Crippen LogP contribution is 2.08. The van der Waals surface area contributed by atoms with Crippen LogP contribution in [-0.4, -0.2) is 55.2 Å². The third kappa shape index (κ3) is 4.58. The number of carbonyl (C=O) groups excluding carboxylic acids is 1. The summed E-state index contributed by atoms with van der Waals surface area (Å²) in [5.74, 6) is 0.120. The summed E-state index contributed by atoms with van der Waals surface area (Å²) in [5.41, 5.74) is 0.819. The predicted octanol–water partition coefficient (Wildman–Crippen LogP) is 0.851. The summed E-state index contributed by atoms with van der Waals surface area (Å²) in [5, 5.41) is 3.43. The molecule has 1 aliphatic heterocycles. The van der Waals surface area contributed by atoms with Crippen molar-refractivity contribution in [1.82, 2.24) is 15.2 Å². The van der Waals surface area contributed by atoms with E-state index in [1.807, 2.05) is 23.1 Å². The van der Waals surface area contributed by atoms with E-state index in [0.29, 0.717) is 25.6 Å². The highest BCUT2D eigenvalue weighted by molar-refractivity contribution is 5.78. The van der Waals surface area contributed by atoms with Gasteiger partial charge in [0.05, 0.1) is 13.0 Å². The first-order valence-corrected chi connectivity index (χ1v) is 7.19. The van der Waals surface area contributed by atoms with Crippen molar-refractivity contribution in [2.24, 2.45) is 0 Å². The van der Waals surface area contributed by atoms with E-state index in [9.17, 15) is 4.79 Å². The Morgan fingerprint density at radius 1 is 1.55 bits per heavy atom. The largest absolute Gasteiger partial charge is 0.383 e. The quantitative estimate of drug-likeness (QED) is 0.803. The lowest BCUT2D eigenvalue weighted by Gasteiger charge is -2.25. The molecule has 0 bridgehead atoms. The number of amides is 1. The molecule has 0 radical (unpaired) electrons. The summed E-state index contributed by atoms with van der Waals surface area (Å²) >= 11 is 0. The number of nitrogens with zero attached hydrogens (tertiary/aromatic N) is 2. The molecule has 0 aromatic carbocycles. The van der Waals surface area contributed by atoms with Crippen molar-refractivity contribution in [1.29, 1.82) is 0 Å². The average Bonchev–Trinajstić information content (AvgIpc) is 2.97. The number of rotatable bonds is 7. The number of ether oxygens (including phenoxy) is 1. The highest BCUT2D eigenvalue weighted by atomic mass is 16.5. The Morgan fingerprint density at radius 2 is 2.45 bits per heavy atom. The molecular weight excluding hydrogens is 254 g/mol. The van der Waals surface area contributed by atoms with Crippen molar-refractivity contribution < 1.29 is 9.53 Å². The van der Waals surface area contributed by atoms with Crippen LogP contribution in [0.15, 0.2) is 24.4 Å². The fraction of sp³-hybridized carbons (Fsp3) is 0.600. The van der Waals surface area contributed by atoms with Crippen LogP contribution in [0.1, 0.15) is 18.5 Å². The summed E-state index contributed by atoms with van der Waals surface area (Å²) in [6.45, 7) is 3.02. The zero-order valence-electron chi connectivity index (χ0n) is 12.0. The van der Waals surface area contributed by atoms with Gasteiger partial charge in [-0.25, -0.2) is 0 Å². The highest BCUT2D eigenvalue weighted by Gasteiger charge is 2.21. The van der Waals surface area contributed by atoms with Gasteiger partial charge in [-0.05, 0) is 31.5 Å². The molecule has 1 amide bonds.